The van der Waals surface area contributed by atoms with E-state index in [9.17, 15) is 9.59 Å². The highest BCUT2D eigenvalue weighted by Gasteiger charge is 2.35. The average molecular weight is 201 g/mol. The molecule has 0 unspecified atom stereocenters. The second kappa shape index (κ2) is 4.41. The topological polar surface area (TPSA) is 77.8 Å². The summed E-state index contributed by atoms with van der Waals surface area (Å²) < 4.78 is 0. The normalized spacial score (nSPS) is 29.5. The Morgan fingerprint density at radius 2 is 1.43 bits per heavy atom. The third kappa shape index (κ3) is 2.45. The number of hydrogen-bond donors (Lipinski definition) is 2. The molecular weight excluding hydrogens is 186 g/mol. The second-order valence-corrected chi connectivity index (χ2v) is 3.77. The zero-order valence-corrected chi connectivity index (χ0v) is 8.14. The van der Waals surface area contributed by atoms with Crippen LogP contribution in [-0.2, 0) is 9.59 Å². The van der Waals surface area contributed by atoms with Crippen molar-refractivity contribution in [2.24, 2.45) is 11.8 Å². The first kappa shape index (κ1) is 11.0. The van der Waals surface area contributed by atoms with E-state index >= 15 is 0 Å². The molecule has 0 aromatic rings. The van der Waals surface area contributed by atoms with Crippen LogP contribution in [0, 0.1) is 11.8 Å². The highest BCUT2D eigenvalue weighted by Crippen LogP contribution is 2.24. The Morgan fingerprint density at radius 1 is 1.07 bits per heavy atom. The standard InChI is InChI=1S/C9H15NO4/c1-10-4-2-6(8(11)12)7(3-5-10)9(13)14/h6-7H,2-5H2,1H3,(H,11,12)(H,13,14)/t6-,7+. The quantitative estimate of drug-likeness (QED) is 0.663. The molecule has 1 heterocycles. The van der Waals surface area contributed by atoms with E-state index in [1.807, 2.05) is 11.9 Å². The Kier molecular flexibility index (Phi) is 3.46. The largest absolute Gasteiger partial charge is 0.481 e. The van der Waals surface area contributed by atoms with Gasteiger partial charge in [0.05, 0.1) is 11.8 Å². The van der Waals surface area contributed by atoms with Gasteiger partial charge < -0.3 is 15.1 Å². The smallest absolute Gasteiger partial charge is 0.307 e. The van der Waals surface area contributed by atoms with Crippen LogP contribution in [0.25, 0.3) is 0 Å². The second-order valence-electron chi connectivity index (χ2n) is 3.77. The van der Waals surface area contributed by atoms with Crippen LogP contribution in [0.1, 0.15) is 12.8 Å². The van der Waals surface area contributed by atoms with Crippen LogP contribution in [0.3, 0.4) is 0 Å². The predicted molar refractivity (Wildman–Crippen MR) is 49.0 cm³/mol. The average Bonchev–Trinajstić information content (AvgIpc) is 2.26. The summed E-state index contributed by atoms with van der Waals surface area (Å²) >= 11 is 0. The summed E-state index contributed by atoms with van der Waals surface area (Å²) in [5, 5.41) is 17.8. The van der Waals surface area contributed by atoms with Gasteiger partial charge >= 0.3 is 11.9 Å². The molecule has 0 radical (unpaired) electrons. The van der Waals surface area contributed by atoms with Crippen LogP contribution < -0.4 is 0 Å². The van der Waals surface area contributed by atoms with Crippen LogP contribution in [0.4, 0.5) is 0 Å². The zero-order chi connectivity index (χ0) is 10.7. The summed E-state index contributed by atoms with van der Waals surface area (Å²) in [6.45, 7) is 1.31. The van der Waals surface area contributed by atoms with Crippen LogP contribution in [0.15, 0.2) is 0 Å². The van der Waals surface area contributed by atoms with E-state index in [2.05, 4.69) is 0 Å². The summed E-state index contributed by atoms with van der Waals surface area (Å²) in [4.78, 5) is 23.7. The lowest BCUT2D eigenvalue weighted by molar-refractivity contribution is -0.153. The van der Waals surface area contributed by atoms with E-state index in [-0.39, 0.29) is 0 Å². The molecule has 1 aliphatic rings. The maximum absolute atomic E-state index is 10.8. The molecule has 0 spiro atoms. The van der Waals surface area contributed by atoms with Gasteiger partial charge in [-0.15, -0.1) is 0 Å². The Labute approximate surface area is 82.3 Å². The molecule has 80 valence electrons. The summed E-state index contributed by atoms with van der Waals surface area (Å²) in [5.41, 5.74) is 0. The third-order valence-corrected chi connectivity index (χ3v) is 2.76. The van der Waals surface area contributed by atoms with Gasteiger partial charge in [0.25, 0.3) is 0 Å². The fourth-order valence-electron chi connectivity index (χ4n) is 1.82. The monoisotopic (exact) mass is 201 g/mol. The van der Waals surface area contributed by atoms with Crippen molar-refractivity contribution >= 4 is 11.9 Å². The van der Waals surface area contributed by atoms with Gasteiger partial charge in [0.15, 0.2) is 0 Å². The molecule has 0 amide bonds. The lowest BCUT2D eigenvalue weighted by Gasteiger charge is -2.15. The number of nitrogens with zero attached hydrogens (tertiary/aromatic N) is 1. The number of likely N-dealkylation sites (tertiary alicyclic amines) is 1. The number of carboxylic acids is 2. The van der Waals surface area contributed by atoms with Gasteiger partial charge in [-0.3, -0.25) is 9.59 Å². The number of rotatable bonds is 2. The first-order chi connectivity index (χ1) is 6.52. The third-order valence-electron chi connectivity index (χ3n) is 2.76. The first-order valence-electron chi connectivity index (χ1n) is 4.66. The Morgan fingerprint density at radius 3 is 1.71 bits per heavy atom. The lowest BCUT2D eigenvalue weighted by atomic mass is 9.88. The molecule has 5 heteroatoms. The van der Waals surface area contributed by atoms with Crippen LogP contribution in [-0.4, -0.2) is 47.2 Å². The molecular formula is C9H15NO4. The zero-order valence-electron chi connectivity index (χ0n) is 8.14. The van der Waals surface area contributed by atoms with Crippen LogP contribution in [0.2, 0.25) is 0 Å². The van der Waals surface area contributed by atoms with Crippen LogP contribution >= 0.6 is 0 Å². The number of carboxylic acid groups (broad SMARTS) is 2. The molecule has 2 atom stereocenters. The highest BCUT2D eigenvalue weighted by molar-refractivity contribution is 5.80. The summed E-state index contributed by atoms with van der Waals surface area (Å²) in [7, 11) is 1.88. The molecule has 5 nitrogen and oxygen atoms in total. The van der Waals surface area contributed by atoms with Gasteiger partial charge in [-0.05, 0) is 33.0 Å². The lowest BCUT2D eigenvalue weighted by Crippen LogP contribution is -2.29. The van der Waals surface area contributed by atoms with E-state index in [0.29, 0.717) is 25.9 Å². The van der Waals surface area contributed by atoms with Crippen molar-refractivity contribution in [3.8, 4) is 0 Å². The molecule has 0 saturated carbocycles. The minimum Gasteiger partial charge on any atom is -0.481 e. The van der Waals surface area contributed by atoms with Gasteiger partial charge in [0, 0.05) is 0 Å². The Hall–Kier alpha value is -1.10. The summed E-state index contributed by atoms with van der Waals surface area (Å²) in [6, 6.07) is 0. The van der Waals surface area contributed by atoms with E-state index in [0.717, 1.165) is 0 Å². The molecule has 1 fully saturated rings. The number of carbonyl (C=O) groups is 2. The molecule has 0 aliphatic carbocycles. The van der Waals surface area contributed by atoms with Crippen molar-refractivity contribution in [1.29, 1.82) is 0 Å². The molecule has 0 aromatic heterocycles. The van der Waals surface area contributed by atoms with Gasteiger partial charge in [-0.1, -0.05) is 0 Å². The molecule has 1 aliphatic heterocycles. The molecule has 0 aromatic carbocycles. The SMILES string of the molecule is CN1CC[C@H](C(=O)O)[C@H](C(=O)O)CC1. The maximum atomic E-state index is 10.8. The molecule has 2 N–H and O–H groups in total. The minimum atomic E-state index is -0.993. The predicted octanol–water partition coefficient (Wildman–Crippen LogP) is 0.114. The van der Waals surface area contributed by atoms with Crippen LogP contribution in [0.5, 0.6) is 0 Å². The fourth-order valence-corrected chi connectivity index (χ4v) is 1.82. The van der Waals surface area contributed by atoms with E-state index in [1.54, 1.807) is 0 Å². The Balaban J connectivity index is 2.76. The number of aliphatic carboxylic acids is 2. The summed E-state index contributed by atoms with van der Waals surface area (Å²) in [5.74, 6) is -3.46. The fraction of sp³-hybridized carbons (Fsp3) is 0.778. The van der Waals surface area contributed by atoms with Crippen molar-refractivity contribution in [2.75, 3.05) is 20.1 Å². The van der Waals surface area contributed by atoms with Gasteiger partial charge in [-0.25, -0.2) is 0 Å². The van der Waals surface area contributed by atoms with E-state index < -0.39 is 23.8 Å². The van der Waals surface area contributed by atoms with Gasteiger partial charge in [-0.2, -0.15) is 0 Å². The van der Waals surface area contributed by atoms with Crippen molar-refractivity contribution in [3.63, 3.8) is 0 Å². The molecule has 1 rings (SSSR count). The van der Waals surface area contributed by atoms with Crippen molar-refractivity contribution in [3.05, 3.63) is 0 Å². The van der Waals surface area contributed by atoms with Gasteiger partial charge in [0.2, 0.25) is 0 Å². The van der Waals surface area contributed by atoms with Crippen molar-refractivity contribution < 1.29 is 19.8 Å². The Bertz CT molecular complexity index is 217. The maximum Gasteiger partial charge on any atom is 0.307 e. The van der Waals surface area contributed by atoms with Gasteiger partial charge in [0.1, 0.15) is 0 Å². The highest BCUT2D eigenvalue weighted by atomic mass is 16.4. The summed E-state index contributed by atoms with van der Waals surface area (Å²) in [6.07, 6.45) is 0.839. The molecule has 14 heavy (non-hydrogen) atoms. The molecule has 1 saturated heterocycles. The van der Waals surface area contributed by atoms with E-state index in [1.165, 1.54) is 0 Å². The van der Waals surface area contributed by atoms with E-state index in [4.69, 9.17) is 10.2 Å². The minimum absolute atomic E-state index is 0.419. The molecule has 0 bridgehead atoms. The van der Waals surface area contributed by atoms with Crippen molar-refractivity contribution in [1.82, 2.24) is 4.90 Å². The number of hydrogen-bond acceptors (Lipinski definition) is 3. The van der Waals surface area contributed by atoms with Crippen molar-refractivity contribution in [2.45, 2.75) is 12.8 Å². The first-order valence-corrected chi connectivity index (χ1v) is 4.66.